The van der Waals surface area contributed by atoms with Crippen LogP contribution in [0.25, 0.3) is 0 Å². The number of amides is 1. The summed E-state index contributed by atoms with van der Waals surface area (Å²) >= 11 is 1.55. The Morgan fingerprint density at radius 3 is 2.28 bits per heavy atom. The Bertz CT molecular complexity index is 680. The zero-order valence-electron chi connectivity index (χ0n) is 15.6. The van der Waals surface area contributed by atoms with Crippen LogP contribution in [0.2, 0.25) is 0 Å². The molecular formula is C20H27N3OS. The maximum atomic E-state index is 12.6. The van der Waals surface area contributed by atoms with Gasteiger partial charge in [-0.05, 0) is 51.0 Å². The molecule has 0 bridgehead atoms. The van der Waals surface area contributed by atoms with Gasteiger partial charge in [-0.1, -0.05) is 42.1 Å². The first-order valence-corrected chi connectivity index (χ1v) is 9.97. The number of carbonyl (C=O) groups excluding carboxylic acids is 1. The molecule has 0 aliphatic heterocycles. The maximum Gasteiger partial charge on any atom is 0.222 e. The highest BCUT2D eigenvalue weighted by atomic mass is 32.2. The van der Waals surface area contributed by atoms with Crippen LogP contribution in [0.4, 0.5) is 0 Å². The molecule has 0 aliphatic rings. The van der Waals surface area contributed by atoms with Crippen molar-refractivity contribution in [2.75, 3.05) is 19.3 Å². The molecule has 0 saturated heterocycles. The molecule has 0 fully saturated rings. The smallest absolute Gasteiger partial charge is 0.222 e. The Labute approximate surface area is 155 Å². The van der Waals surface area contributed by atoms with Crippen molar-refractivity contribution in [3.8, 4) is 0 Å². The number of hydrogen-bond acceptors (Lipinski definition) is 4. The number of likely N-dealkylation sites (N-methyl/N-ethyl adjacent to an activating group) is 1. The van der Waals surface area contributed by atoms with Gasteiger partial charge in [-0.2, -0.15) is 0 Å². The molecule has 5 heteroatoms. The molecule has 0 radical (unpaired) electrons. The van der Waals surface area contributed by atoms with Crippen LogP contribution in [-0.2, 0) is 17.6 Å². The van der Waals surface area contributed by atoms with E-state index >= 15 is 0 Å². The topological polar surface area (TPSA) is 46.1 Å². The Balaban J connectivity index is 1.94. The van der Waals surface area contributed by atoms with Gasteiger partial charge in [0.05, 0.1) is 0 Å². The van der Waals surface area contributed by atoms with E-state index in [1.54, 1.807) is 11.8 Å². The molecule has 1 heterocycles. The van der Waals surface area contributed by atoms with E-state index in [1.165, 1.54) is 5.56 Å². The Kier molecular flexibility index (Phi) is 7.44. The summed E-state index contributed by atoms with van der Waals surface area (Å²) in [5, 5.41) is 0.795. The third kappa shape index (κ3) is 5.56. The Morgan fingerprint density at radius 2 is 1.72 bits per heavy atom. The van der Waals surface area contributed by atoms with Crippen molar-refractivity contribution in [2.24, 2.45) is 0 Å². The molecule has 2 aromatic rings. The fourth-order valence-corrected chi connectivity index (χ4v) is 3.38. The summed E-state index contributed by atoms with van der Waals surface area (Å²) < 4.78 is 0. The minimum Gasteiger partial charge on any atom is -0.343 e. The lowest BCUT2D eigenvalue weighted by molar-refractivity contribution is -0.130. The first-order chi connectivity index (χ1) is 12.0. The molecule has 25 heavy (non-hydrogen) atoms. The van der Waals surface area contributed by atoms with E-state index in [4.69, 9.17) is 0 Å². The second kappa shape index (κ2) is 9.56. The molecule has 1 amide bonds. The minimum absolute atomic E-state index is 0.200. The molecule has 2 rings (SSSR count). The van der Waals surface area contributed by atoms with Crippen molar-refractivity contribution in [2.45, 2.75) is 45.2 Å². The quantitative estimate of drug-likeness (QED) is 0.532. The largest absolute Gasteiger partial charge is 0.343 e. The lowest BCUT2D eigenvalue weighted by Gasteiger charge is -2.21. The van der Waals surface area contributed by atoms with Gasteiger partial charge in [0.1, 0.15) is 0 Å². The summed E-state index contributed by atoms with van der Waals surface area (Å²) in [6.45, 7) is 7.54. The van der Waals surface area contributed by atoms with E-state index in [1.807, 2.05) is 50.1 Å². The van der Waals surface area contributed by atoms with Crippen molar-refractivity contribution in [1.82, 2.24) is 14.9 Å². The first-order valence-electron chi connectivity index (χ1n) is 8.75. The molecule has 1 aromatic carbocycles. The highest BCUT2D eigenvalue weighted by molar-refractivity contribution is 7.98. The van der Waals surface area contributed by atoms with Crippen LogP contribution >= 0.6 is 11.8 Å². The SMILES string of the molecule is CCN(CCc1ccccc1)C(=O)CCc1c(C)nc(SC)nc1C. The molecule has 4 nitrogen and oxygen atoms in total. The van der Waals surface area contributed by atoms with E-state index < -0.39 is 0 Å². The predicted molar refractivity (Wildman–Crippen MR) is 104 cm³/mol. The number of hydrogen-bond donors (Lipinski definition) is 0. The highest BCUT2D eigenvalue weighted by Gasteiger charge is 2.14. The molecule has 0 unspecified atom stereocenters. The molecule has 0 N–H and O–H groups in total. The predicted octanol–water partition coefficient (Wildman–Crippen LogP) is 3.84. The van der Waals surface area contributed by atoms with E-state index in [2.05, 4.69) is 22.1 Å². The van der Waals surface area contributed by atoms with Gasteiger partial charge in [-0.25, -0.2) is 9.97 Å². The van der Waals surface area contributed by atoms with Crippen LogP contribution in [0.15, 0.2) is 35.5 Å². The third-order valence-electron chi connectivity index (χ3n) is 4.42. The second-order valence-electron chi connectivity index (χ2n) is 6.07. The van der Waals surface area contributed by atoms with Gasteiger partial charge < -0.3 is 4.90 Å². The molecule has 0 saturated carbocycles. The van der Waals surface area contributed by atoms with Crippen molar-refractivity contribution in [1.29, 1.82) is 0 Å². The number of nitrogens with zero attached hydrogens (tertiary/aromatic N) is 3. The van der Waals surface area contributed by atoms with E-state index in [0.717, 1.165) is 41.6 Å². The van der Waals surface area contributed by atoms with E-state index in [9.17, 15) is 4.79 Å². The molecule has 0 atom stereocenters. The third-order valence-corrected chi connectivity index (χ3v) is 4.97. The number of rotatable bonds is 8. The molecule has 0 aliphatic carbocycles. The molecule has 0 spiro atoms. The number of thioether (sulfide) groups is 1. The van der Waals surface area contributed by atoms with Crippen molar-refractivity contribution < 1.29 is 4.79 Å². The zero-order valence-corrected chi connectivity index (χ0v) is 16.4. The number of carbonyl (C=O) groups is 1. The molecule has 134 valence electrons. The van der Waals surface area contributed by atoms with Gasteiger partial charge in [0, 0.05) is 30.9 Å². The average Bonchev–Trinajstić information content (AvgIpc) is 2.62. The van der Waals surface area contributed by atoms with Gasteiger partial charge >= 0.3 is 0 Å². The summed E-state index contributed by atoms with van der Waals surface area (Å²) in [5.74, 6) is 0.200. The fourth-order valence-electron chi connectivity index (χ4n) is 2.92. The van der Waals surface area contributed by atoms with Gasteiger partial charge in [0.25, 0.3) is 0 Å². The number of aryl methyl sites for hydroxylation is 2. The van der Waals surface area contributed by atoms with Crippen LogP contribution in [0.3, 0.4) is 0 Å². The number of aromatic nitrogens is 2. The van der Waals surface area contributed by atoms with Crippen LogP contribution in [0.5, 0.6) is 0 Å². The van der Waals surface area contributed by atoms with Crippen molar-refractivity contribution >= 4 is 17.7 Å². The highest BCUT2D eigenvalue weighted by Crippen LogP contribution is 2.17. The standard InChI is InChI=1S/C20H27N3OS/c1-5-23(14-13-17-9-7-6-8-10-17)19(24)12-11-18-15(2)21-20(25-4)22-16(18)3/h6-10H,5,11-14H2,1-4H3. The summed E-state index contributed by atoms with van der Waals surface area (Å²) in [5.41, 5.74) is 4.33. The Hall–Kier alpha value is -1.88. The summed E-state index contributed by atoms with van der Waals surface area (Å²) in [6, 6.07) is 10.3. The molecule has 1 aromatic heterocycles. The number of benzene rings is 1. The lowest BCUT2D eigenvalue weighted by atomic mass is 10.1. The normalized spacial score (nSPS) is 10.7. The van der Waals surface area contributed by atoms with E-state index in [-0.39, 0.29) is 5.91 Å². The van der Waals surface area contributed by atoms with Gasteiger partial charge in [0.15, 0.2) is 5.16 Å². The van der Waals surface area contributed by atoms with Gasteiger partial charge in [0.2, 0.25) is 5.91 Å². The lowest BCUT2D eigenvalue weighted by Crippen LogP contribution is -2.33. The second-order valence-corrected chi connectivity index (χ2v) is 6.84. The van der Waals surface area contributed by atoms with Crippen LogP contribution < -0.4 is 0 Å². The summed E-state index contributed by atoms with van der Waals surface area (Å²) in [7, 11) is 0. The fraction of sp³-hybridized carbons (Fsp3) is 0.450. The van der Waals surface area contributed by atoms with Crippen LogP contribution in [0, 0.1) is 13.8 Å². The summed E-state index contributed by atoms with van der Waals surface area (Å²) in [4.78, 5) is 23.5. The minimum atomic E-state index is 0.200. The zero-order chi connectivity index (χ0) is 18.2. The summed E-state index contributed by atoms with van der Waals surface area (Å²) in [6.07, 6.45) is 4.08. The van der Waals surface area contributed by atoms with E-state index in [0.29, 0.717) is 12.8 Å². The monoisotopic (exact) mass is 357 g/mol. The van der Waals surface area contributed by atoms with Crippen molar-refractivity contribution in [3.05, 3.63) is 52.8 Å². The van der Waals surface area contributed by atoms with Gasteiger partial charge in [-0.3, -0.25) is 4.79 Å². The molecular weight excluding hydrogens is 330 g/mol. The Morgan fingerprint density at radius 1 is 1.08 bits per heavy atom. The van der Waals surface area contributed by atoms with Gasteiger partial charge in [-0.15, -0.1) is 0 Å². The first kappa shape index (κ1) is 19.4. The van der Waals surface area contributed by atoms with Crippen LogP contribution in [-0.4, -0.2) is 40.1 Å². The van der Waals surface area contributed by atoms with Crippen LogP contribution in [0.1, 0.15) is 35.9 Å². The maximum absolute atomic E-state index is 12.6. The van der Waals surface area contributed by atoms with Crippen molar-refractivity contribution in [3.63, 3.8) is 0 Å². The average molecular weight is 358 g/mol.